The van der Waals surface area contributed by atoms with Crippen molar-refractivity contribution in [2.24, 2.45) is 0 Å². The van der Waals surface area contributed by atoms with E-state index in [1.54, 1.807) is 37.1 Å². The molecule has 0 spiro atoms. The van der Waals surface area contributed by atoms with E-state index >= 15 is 0 Å². The van der Waals surface area contributed by atoms with E-state index in [4.69, 9.17) is 34.8 Å². The molecule has 2 aromatic carbocycles. The van der Waals surface area contributed by atoms with Gasteiger partial charge in [-0.1, -0.05) is 46.9 Å². The maximum atomic E-state index is 13.9. The molecule has 1 atom stereocenters. The number of amides is 2. The van der Waals surface area contributed by atoms with Crippen molar-refractivity contribution in [2.75, 3.05) is 33.7 Å². The van der Waals surface area contributed by atoms with Crippen molar-refractivity contribution in [2.45, 2.75) is 57.3 Å². The minimum Gasteiger partial charge on any atom is -0.343 e. The highest BCUT2D eigenvalue weighted by Gasteiger charge is 2.39. The Hall–Kier alpha value is -2.00. The Kier molecular flexibility index (Phi) is 10.2. The van der Waals surface area contributed by atoms with Gasteiger partial charge in [0.1, 0.15) is 0 Å². The van der Waals surface area contributed by atoms with Crippen LogP contribution in [0.2, 0.25) is 15.1 Å². The molecule has 2 aromatic rings. The van der Waals surface area contributed by atoms with Gasteiger partial charge in [0.25, 0.3) is 0 Å². The summed E-state index contributed by atoms with van der Waals surface area (Å²) >= 11 is 18.2. The average Bonchev–Trinajstić information content (AvgIpc) is 2.88. The fourth-order valence-electron chi connectivity index (χ4n) is 5.04. The molecule has 39 heavy (non-hydrogen) atoms. The zero-order valence-electron chi connectivity index (χ0n) is 22.4. The van der Waals surface area contributed by atoms with Crippen LogP contribution in [0.5, 0.6) is 0 Å². The minimum absolute atomic E-state index is 0.0290. The lowest BCUT2D eigenvalue weighted by molar-refractivity contribution is -0.137. The van der Waals surface area contributed by atoms with Crippen molar-refractivity contribution in [3.8, 4) is 0 Å². The number of hydrogen-bond donors (Lipinski definition) is 0. The summed E-state index contributed by atoms with van der Waals surface area (Å²) in [7, 11) is 3.39. The summed E-state index contributed by atoms with van der Waals surface area (Å²) in [6.45, 7) is 5.55. The van der Waals surface area contributed by atoms with Crippen molar-refractivity contribution in [1.29, 1.82) is 0 Å². The Morgan fingerprint density at radius 3 is 2.15 bits per heavy atom. The van der Waals surface area contributed by atoms with Gasteiger partial charge in [-0.3, -0.25) is 9.59 Å². The number of nitrogens with zero attached hydrogens (tertiary/aromatic N) is 3. The number of carbonyl (C=O) groups excluding carboxylic acids is 2. The lowest BCUT2D eigenvalue weighted by Gasteiger charge is -2.39. The number of benzene rings is 2. The topological polar surface area (TPSA) is 43.9 Å². The summed E-state index contributed by atoms with van der Waals surface area (Å²) in [6.07, 6.45) is -2.47. The second kappa shape index (κ2) is 12.7. The predicted molar refractivity (Wildman–Crippen MR) is 149 cm³/mol. The van der Waals surface area contributed by atoms with Crippen molar-refractivity contribution < 1.29 is 22.8 Å². The second-order valence-electron chi connectivity index (χ2n) is 10.4. The number of likely N-dealkylation sites (N-methyl/N-ethyl adjacent to an activating group) is 1. The molecule has 0 N–H and O–H groups in total. The standard InChI is InChI=1S/C28H33Cl3F3N3O2/c1-18(38)36(4)21-9-12-37(13-10-21)14-11-27(2,20-6-8-24(30)25(31)16-20)26(39)35(3)17-19-5-7-23(29)22(15-19)28(32,33)34/h5-8,15-16,21H,9-14,17H2,1-4H3. The molecule has 0 radical (unpaired) electrons. The van der Waals surface area contributed by atoms with E-state index in [9.17, 15) is 22.8 Å². The van der Waals surface area contributed by atoms with Crippen molar-refractivity contribution in [1.82, 2.24) is 14.7 Å². The number of rotatable bonds is 8. The van der Waals surface area contributed by atoms with Crippen LogP contribution in [0.3, 0.4) is 0 Å². The first-order valence-corrected chi connectivity index (χ1v) is 13.8. The second-order valence-corrected chi connectivity index (χ2v) is 11.6. The quantitative estimate of drug-likeness (QED) is 0.328. The fourth-order valence-corrected chi connectivity index (χ4v) is 5.56. The number of alkyl halides is 3. The van der Waals surface area contributed by atoms with E-state index in [0.717, 1.165) is 32.0 Å². The monoisotopic (exact) mass is 605 g/mol. The highest BCUT2D eigenvalue weighted by Crippen LogP contribution is 2.37. The Morgan fingerprint density at radius 2 is 1.59 bits per heavy atom. The van der Waals surface area contributed by atoms with E-state index in [2.05, 4.69) is 4.90 Å². The normalized spacial score (nSPS) is 16.6. The van der Waals surface area contributed by atoms with Crippen LogP contribution in [-0.4, -0.2) is 66.3 Å². The zero-order chi connectivity index (χ0) is 29.1. The van der Waals surface area contributed by atoms with E-state index in [1.165, 1.54) is 17.0 Å². The van der Waals surface area contributed by atoms with Crippen LogP contribution >= 0.6 is 34.8 Å². The number of likely N-dealkylation sites (tertiary alicyclic amines) is 1. The third-order valence-electron chi connectivity index (χ3n) is 7.66. The smallest absolute Gasteiger partial charge is 0.343 e. The molecule has 2 amide bonds. The highest BCUT2D eigenvalue weighted by atomic mass is 35.5. The van der Waals surface area contributed by atoms with Crippen molar-refractivity contribution >= 4 is 46.6 Å². The van der Waals surface area contributed by atoms with Crippen LogP contribution in [0.25, 0.3) is 0 Å². The van der Waals surface area contributed by atoms with Crippen LogP contribution in [0.1, 0.15) is 49.8 Å². The molecule has 1 unspecified atom stereocenters. The molecule has 1 heterocycles. The number of carbonyl (C=O) groups is 2. The molecule has 3 rings (SSSR count). The van der Waals surface area contributed by atoms with Crippen LogP contribution in [0.15, 0.2) is 36.4 Å². The average molecular weight is 607 g/mol. The van der Waals surface area contributed by atoms with E-state index < -0.39 is 17.2 Å². The van der Waals surface area contributed by atoms with Gasteiger partial charge in [-0.05, 0) is 68.1 Å². The molecule has 1 saturated heterocycles. The van der Waals surface area contributed by atoms with E-state index in [-0.39, 0.29) is 29.4 Å². The predicted octanol–water partition coefficient (Wildman–Crippen LogP) is 6.91. The maximum Gasteiger partial charge on any atom is 0.417 e. The highest BCUT2D eigenvalue weighted by molar-refractivity contribution is 6.42. The molecule has 1 fully saturated rings. The molecule has 0 saturated carbocycles. The summed E-state index contributed by atoms with van der Waals surface area (Å²) in [5, 5.41) is 0.289. The Balaban J connectivity index is 1.81. The largest absolute Gasteiger partial charge is 0.417 e. The Bertz CT molecular complexity index is 1200. The number of hydrogen-bond acceptors (Lipinski definition) is 3. The number of piperidine rings is 1. The molecule has 11 heteroatoms. The molecule has 0 aromatic heterocycles. The summed E-state index contributed by atoms with van der Waals surface area (Å²) in [5.41, 5.74) is -0.966. The lowest BCUT2D eigenvalue weighted by Crippen LogP contribution is -2.48. The summed E-state index contributed by atoms with van der Waals surface area (Å²) in [5.74, 6) is -0.215. The third-order valence-corrected chi connectivity index (χ3v) is 8.73. The third kappa shape index (κ3) is 7.60. The first kappa shape index (κ1) is 31.5. The molecule has 0 aliphatic carbocycles. The van der Waals surface area contributed by atoms with Crippen LogP contribution in [-0.2, 0) is 27.7 Å². The molecule has 1 aliphatic heterocycles. The molecular formula is C28H33Cl3F3N3O2. The minimum atomic E-state index is -4.60. The Morgan fingerprint density at radius 1 is 0.974 bits per heavy atom. The maximum absolute atomic E-state index is 13.9. The Labute approximate surface area is 242 Å². The van der Waals surface area contributed by atoms with Gasteiger partial charge in [0.2, 0.25) is 11.8 Å². The van der Waals surface area contributed by atoms with Gasteiger partial charge < -0.3 is 14.7 Å². The van der Waals surface area contributed by atoms with Gasteiger partial charge in [0, 0.05) is 46.7 Å². The van der Waals surface area contributed by atoms with Gasteiger partial charge in [-0.25, -0.2) is 0 Å². The van der Waals surface area contributed by atoms with E-state index in [0.29, 0.717) is 34.1 Å². The molecular weight excluding hydrogens is 574 g/mol. The first-order valence-electron chi connectivity index (χ1n) is 12.7. The van der Waals surface area contributed by atoms with Crippen LogP contribution in [0.4, 0.5) is 13.2 Å². The van der Waals surface area contributed by atoms with Crippen molar-refractivity contribution in [3.05, 3.63) is 68.2 Å². The zero-order valence-corrected chi connectivity index (χ0v) is 24.7. The van der Waals surface area contributed by atoms with Gasteiger partial charge >= 0.3 is 6.18 Å². The molecule has 0 bridgehead atoms. The molecule has 214 valence electrons. The summed E-state index contributed by atoms with van der Waals surface area (Å²) in [6, 6.07) is 8.93. The van der Waals surface area contributed by atoms with Gasteiger partial charge in [0.05, 0.1) is 26.0 Å². The van der Waals surface area contributed by atoms with Gasteiger partial charge in [-0.15, -0.1) is 0 Å². The van der Waals surface area contributed by atoms with Crippen molar-refractivity contribution in [3.63, 3.8) is 0 Å². The van der Waals surface area contributed by atoms with Gasteiger partial charge in [-0.2, -0.15) is 13.2 Å². The SMILES string of the molecule is CC(=O)N(C)C1CCN(CCC(C)(C(=O)N(C)Cc2ccc(Cl)c(C(F)(F)F)c2)c2ccc(Cl)c(Cl)c2)CC1. The number of halogens is 6. The van der Waals surface area contributed by atoms with E-state index in [1.807, 2.05) is 14.0 Å². The van der Waals surface area contributed by atoms with Crippen LogP contribution < -0.4 is 0 Å². The molecule has 1 aliphatic rings. The lowest BCUT2D eigenvalue weighted by atomic mass is 9.77. The molecule has 5 nitrogen and oxygen atoms in total. The summed E-state index contributed by atoms with van der Waals surface area (Å²) in [4.78, 5) is 31.1. The summed E-state index contributed by atoms with van der Waals surface area (Å²) < 4.78 is 40.1. The van der Waals surface area contributed by atoms with Crippen LogP contribution in [0, 0.1) is 0 Å². The first-order chi connectivity index (χ1) is 18.1. The van der Waals surface area contributed by atoms with Gasteiger partial charge in [0.15, 0.2) is 0 Å². The fraction of sp³-hybridized carbons (Fsp3) is 0.500.